The highest BCUT2D eigenvalue weighted by Gasteiger charge is 2.35. The average molecular weight is 305 g/mol. The largest absolute Gasteiger partial charge is 0.334 e. The van der Waals surface area contributed by atoms with Gasteiger partial charge in [-0.3, -0.25) is 9.59 Å². The summed E-state index contributed by atoms with van der Waals surface area (Å²) >= 11 is 0. The Morgan fingerprint density at radius 1 is 0.870 bits per heavy atom. The summed E-state index contributed by atoms with van der Waals surface area (Å²) in [5, 5.41) is 0. The number of halogens is 1. The molecule has 112 valence electrons. The van der Waals surface area contributed by atoms with E-state index in [2.05, 4.69) is 0 Å². The molecule has 3 nitrogen and oxygen atoms in total. The van der Waals surface area contributed by atoms with E-state index in [1.54, 1.807) is 47.4 Å². The fraction of sp³-hybridized carbons (Fsp3) is 0.0526. The molecular weight excluding hydrogens is 293 g/mol. The molecule has 2 aromatic rings. The molecular formula is C19H12FNO2. The first-order valence-electron chi connectivity index (χ1n) is 7.29. The van der Waals surface area contributed by atoms with Crippen LogP contribution in [0.4, 0.5) is 10.1 Å². The molecule has 0 saturated carbocycles. The first-order chi connectivity index (χ1) is 11.2. The standard InChI is InChI=1S/C19H12FNO2/c20-12-7-9-13(10-8-12)21-11-3-6-16-17(21)19(23)15-5-2-1-4-14(15)18(16)22/h1-10H,11H2. The third-order valence-electron chi connectivity index (χ3n) is 4.11. The maximum absolute atomic E-state index is 13.2. The molecule has 4 rings (SSSR count). The molecule has 1 aliphatic heterocycles. The van der Waals surface area contributed by atoms with Crippen LogP contribution >= 0.6 is 0 Å². The molecule has 4 heteroatoms. The van der Waals surface area contributed by atoms with Crippen molar-refractivity contribution in [2.24, 2.45) is 0 Å². The first kappa shape index (κ1) is 13.6. The number of fused-ring (bicyclic) bond motifs is 1. The summed E-state index contributed by atoms with van der Waals surface area (Å²) in [6.07, 6.45) is 3.53. The van der Waals surface area contributed by atoms with Crippen LogP contribution in [-0.2, 0) is 0 Å². The molecule has 2 aliphatic rings. The van der Waals surface area contributed by atoms with E-state index in [-0.39, 0.29) is 17.4 Å². The highest BCUT2D eigenvalue weighted by molar-refractivity contribution is 6.29. The summed E-state index contributed by atoms with van der Waals surface area (Å²) in [6, 6.07) is 12.7. The van der Waals surface area contributed by atoms with Gasteiger partial charge in [-0.2, -0.15) is 0 Å². The van der Waals surface area contributed by atoms with Crippen molar-refractivity contribution in [1.82, 2.24) is 0 Å². The van der Waals surface area contributed by atoms with Crippen LogP contribution in [-0.4, -0.2) is 18.1 Å². The van der Waals surface area contributed by atoms with Crippen LogP contribution in [0.1, 0.15) is 20.7 Å². The van der Waals surface area contributed by atoms with Gasteiger partial charge in [-0.1, -0.05) is 36.4 Å². The monoisotopic (exact) mass is 305 g/mol. The van der Waals surface area contributed by atoms with Gasteiger partial charge in [0.25, 0.3) is 0 Å². The van der Waals surface area contributed by atoms with Crippen LogP contribution in [0.2, 0.25) is 0 Å². The number of hydrogen-bond donors (Lipinski definition) is 0. The van der Waals surface area contributed by atoms with Crippen molar-refractivity contribution in [3.63, 3.8) is 0 Å². The van der Waals surface area contributed by atoms with Crippen molar-refractivity contribution in [2.75, 3.05) is 11.4 Å². The van der Waals surface area contributed by atoms with Gasteiger partial charge in [0, 0.05) is 23.4 Å². The van der Waals surface area contributed by atoms with Crippen LogP contribution in [0.15, 0.2) is 72.0 Å². The summed E-state index contributed by atoms with van der Waals surface area (Å²) in [7, 11) is 0. The van der Waals surface area contributed by atoms with Gasteiger partial charge in [0.1, 0.15) is 11.5 Å². The van der Waals surface area contributed by atoms with E-state index >= 15 is 0 Å². The first-order valence-corrected chi connectivity index (χ1v) is 7.29. The lowest BCUT2D eigenvalue weighted by molar-refractivity contribution is 0.0974. The number of ketones is 2. The molecule has 0 saturated heterocycles. The molecule has 1 aliphatic carbocycles. The molecule has 2 aromatic carbocycles. The van der Waals surface area contributed by atoms with Gasteiger partial charge in [0.05, 0.1) is 5.57 Å². The Morgan fingerprint density at radius 2 is 1.52 bits per heavy atom. The maximum atomic E-state index is 13.2. The minimum atomic E-state index is -0.341. The van der Waals surface area contributed by atoms with E-state index in [1.165, 1.54) is 12.1 Å². The van der Waals surface area contributed by atoms with E-state index in [1.807, 2.05) is 6.08 Å². The average Bonchev–Trinajstić information content (AvgIpc) is 2.60. The Balaban J connectivity index is 1.88. The van der Waals surface area contributed by atoms with Gasteiger partial charge in [-0.15, -0.1) is 0 Å². The van der Waals surface area contributed by atoms with E-state index < -0.39 is 0 Å². The number of nitrogens with zero attached hydrogens (tertiary/aromatic N) is 1. The van der Waals surface area contributed by atoms with Gasteiger partial charge in [0.15, 0.2) is 5.78 Å². The Morgan fingerprint density at radius 3 is 2.22 bits per heavy atom. The van der Waals surface area contributed by atoms with Gasteiger partial charge in [-0.25, -0.2) is 4.39 Å². The van der Waals surface area contributed by atoms with Crippen molar-refractivity contribution in [2.45, 2.75) is 0 Å². The number of carbonyl (C=O) groups is 2. The number of benzene rings is 2. The molecule has 0 fully saturated rings. The normalized spacial score (nSPS) is 16.5. The fourth-order valence-corrected chi connectivity index (χ4v) is 3.03. The molecule has 23 heavy (non-hydrogen) atoms. The fourth-order valence-electron chi connectivity index (χ4n) is 3.03. The van der Waals surface area contributed by atoms with Crippen LogP contribution in [0, 0.1) is 5.82 Å². The van der Waals surface area contributed by atoms with Crippen molar-refractivity contribution < 1.29 is 14.0 Å². The third-order valence-corrected chi connectivity index (χ3v) is 4.11. The predicted octanol–water partition coefficient (Wildman–Crippen LogP) is 3.54. The molecule has 1 heterocycles. The number of Topliss-reactive ketones (excluding diaryl/α,β-unsaturated/α-hetero) is 2. The Labute approximate surface area is 132 Å². The van der Waals surface area contributed by atoms with Crippen LogP contribution in [0.5, 0.6) is 0 Å². The quantitative estimate of drug-likeness (QED) is 0.809. The Bertz CT molecular complexity index is 894. The van der Waals surface area contributed by atoms with Crippen LogP contribution in [0.3, 0.4) is 0 Å². The lowest BCUT2D eigenvalue weighted by Gasteiger charge is -2.32. The molecule has 0 aromatic heterocycles. The Hall–Kier alpha value is -3.01. The molecule has 0 unspecified atom stereocenters. The van der Waals surface area contributed by atoms with Gasteiger partial charge in [0.2, 0.25) is 5.78 Å². The Kier molecular flexibility index (Phi) is 2.98. The number of anilines is 1. The molecule has 0 radical (unpaired) electrons. The maximum Gasteiger partial charge on any atom is 0.210 e. The molecule has 0 bridgehead atoms. The van der Waals surface area contributed by atoms with Crippen LogP contribution in [0.25, 0.3) is 0 Å². The van der Waals surface area contributed by atoms with E-state index in [0.717, 1.165) is 0 Å². The lowest BCUT2D eigenvalue weighted by Crippen LogP contribution is -2.36. The third kappa shape index (κ3) is 2.03. The predicted molar refractivity (Wildman–Crippen MR) is 85.0 cm³/mol. The molecule has 0 spiro atoms. The van der Waals surface area contributed by atoms with Gasteiger partial charge in [-0.05, 0) is 24.3 Å². The highest BCUT2D eigenvalue weighted by Crippen LogP contribution is 2.33. The summed E-state index contributed by atoms with van der Waals surface area (Å²) in [5.74, 6) is -0.672. The lowest BCUT2D eigenvalue weighted by atomic mass is 9.85. The summed E-state index contributed by atoms with van der Waals surface area (Å²) in [6.45, 7) is 0.464. The molecule has 0 N–H and O–H groups in total. The number of rotatable bonds is 1. The summed E-state index contributed by atoms with van der Waals surface area (Å²) < 4.78 is 13.2. The second-order valence-electron chi connectivity index (χ2n) is 5.46. The SMILES string of the molecule is O=C1C2=C(C(=O)c3ccccc31)N(c1ccc(F)cc1)CC=C2. The molecule has 0 atom stereocenters. The van der Waals surface area contributed by atoms with Gasteiger partial charge >= 0.3 is 0 Å². The minimum Gasteiger partial charge on any atom is -0.334 e. The number of allylic oxidation sites excluding steroid dienone is 3. The topological polar surface area (TPSA) is 37.4 Å². The highest BCUT2D eigenvalue weighted by atomic mass is 19.1. The zero-order valence-electron chi connectivity index (χ0n) is 12.1. The zero-order valence-corrected chi connectivity index (χ0v) is 12.1. The van der Waals surface area contributed by atoms with E-state index in [4.69, 9.17) is 0 Å². The second kappa shape index (κ2) is 5.02. The molecule has 0 amide bonds. The summed E-state index contributed by atoms with van der Waals surface area (Å²) in [5.41, 5.74) is 2.29. The van der Waals surface area contributed by atoms with Crippen molar-refractivity contribution >= 4 is 17.3 Å². The van der Waals surface area contributed by atoms with Crippen molar-refractivity contribution in [3.8, 4) is 0 Å². The number of hydrogen-bond acceptors (Lipinski definition) is 3. The van der Waals surface area contributed by atoms with Crippen molar-refractivity contribution in [3.05, 3.63) is 88.9 Å². The van der Waals surface area contributed by atoms with Gasteiger partial charge < -0.3 is 4.90 Å². The zero-order chi connectivity index (χ0) is 16.0. The van der Waals surface area contributed by atoms with Crippen molar-refractivity contribution in [1.29, 1.82) is 0 Å². The summed E-state index contributed by atoms with van der Waals surface area (Å²) in [4.78, 5) is 27.3. The smallest absolute Gasteiger partial charge is 0.210 e. The number of carbonyl (C=O) groups excluding carboxylic acids is 2. The van der Waals surface area contributed by atoms with Crippen LogP contribution < -0.4 is 4.90 Å². The van der Waals surface area contributed by atoms with E-state index in [0.29, 0.717) is 34.6 Å². The minimum absolute atomic E-state index is 0.154. The second-order valence-corrected chi connectivity index (χ2v) is 5.46. The van der Waals surface area contributed by atoms with E-state index in [9.17, 15) is 14.0 Å².